The van der Waals surface area contributed by atoms with Crippen molar-refractivity contribution >= 4 is 23.3 Å². The Morgan fingerprint density at radius 2 is 1.77 bits per heavy atom. The zero-order valence-electron chi connectivity index (χ0n) is 14.6. The number of anilines is 1. The van der Waals surface area contributed by atoms with E-state index in [4.69, 9.17) is 4.74 Å². The number of nitrogens with one attached hydrogen (secondary N) is 1. The van der Waals surface area contributed by atoms with E-state index < -0.39 is 23.8 Å². The van der Waals surface area contributed by atoms with Gasteiger partial charge in [0.2, 0.25) is 0 Å². The van der Waals surface area contributed by atoms with Crippen LogP contribution in [0.2, 0.25) is 0 Å². The molecular formula is C20H20FNO4. The molecular weight excluding hydrogens is 337 g/mol. The summed E-state index contributed by atoms with van der Waals surface area (Å²) < 4.78 is 18.5. The summed E-state index contributed by atoms with van der Waals surface area (Å²) in [5.41, 5.74) is 1.26. The Bertz CT molecular complexity index is 805. The van der Waals surface area contributed by atoms with E-state index in [-0.39, 0.29) is 24.3 Å². The number of ether oxygens (including phenoxy) is 1. The highest BCUT2D eigenvalue weighted by molar-refractivity contribution is 5.98. The van der Waals surface area contributed by atoms with E-state index in [9.17, 15) is 18.8 Å². The summed E-state index contributed by atoms with van der Waals surface area (Å²) in [4.78, 5) is 35.8. The monoisotopic (exact) mass is 357 g/mol. The van der Waals surface area contributed by atoms with Crippen LogP contribution in [0.1, 0.15) is 35.7 Å². The van der Waals surface area contributed by atoms with Gasteiger partial charge in [0.1, 0.15) is 5.82 Å². The zero-order chi connectivity index (χ0) is 19.1. The second-order valence-corrected chi connectivity index (χ2v) is 5.87. The van der Waals surface area contributed by atoms with Crippen molar-refractivity contribution in [1.29, 1.82) is 0 Å². The molecule has 1 N–H and O–H groups in total. The molecule has 0 fully saturated rings. The third kappa shape index (κ3) is 5.51. The molecule has 0 saturated heterocycles. The Morgan fingerprint density at radius 3 is 2.42 bits per heavy atom. The lowest BCUT2D eigenvalue weighted by Crippen LogP contribution is -2.30. The average molecular weight is 357 g/mol. The van der Waals surface area contributed by atoms with E-state index in [1.165, 1.54) is 19.1 Å². The highest BCUT2D eigenvalue weighted by atomic mass is 19.1. The van der Waals surface area contributed by atoms with Gasteiger partial charge >= 0.3 is 5.97 Å². The molecule has 6 heteroatoms. The first-order chi connectivity index (χ1) is 12.4. The number of esters is 1. The summed E-state index contributed by atoms with van der Waals surface area (Å²) in [6.45, 7) is 3.03. The molecule has 0 spiro atoms. The fourth-order valence-corrected chi connectivity index (χ4v) is 2.21. The van der Waals surface area contributed by atoms with Gasteiger partial charge in [-0.3, -0.25) is 14.4 Å². The van der Waals surface area contributed by atoms with Crippen molar-refractivity contribution in [3.05, 3.63) is 65.5 Å². The summed E-state index contributed by atoms with van der Waals surface area (Å²) in [7, 11) is 0. The molecule has 0 heterocycles. The number of Topliss-reactive ketones (excluding diaryl/α,β-unsaturated/α-hetero) is 1. The Kier molecular flexibility index (Phi) is 6.60. The maximum atomic E-state index is 13.5. The van der Waals surface area contributed by atoms with Crippen LogP contribution in [0.5, 0.6) is 0 Å². The molecule has 0 aliphatic carbocycles. The predicted molar refractivity (Wildman–Crippen MR) is 95.3 cm³/mol. The normalized spacial score (nSPS) is 11.5. The van der Waals surface area contributed by atoms with Crippen molar-refractivity contribution in [3.63, 3.8) is 0 Å². The van der Waals surface area contributed by atoms with Crippen LogP contribution in [0.15, 0.2) is 48.5 Å². The van der Waals surface area contributed by atoms with Crippen LogP contribution in [0.4, 0.5) is 10.1 Å². The Balaban J connectivity index is 1.81. The maximum Gasteiger partial charge on any atom is 0.307 e. The molecule has 0 saturated carbocycles. The highest BCUT2D eigenvalue weighted by Crippen LogP contribution is 2.14. The number of benzene rings is 2. The highest BCUT2D eigenvalue weighted by Gasteiger charge is 2.19. The predicted octanol–water partition coefficient (Wildman–Crippen LogP) is 3.67. The molecule has 26 heavy (non-hydrogen) atoms. The van der Waals surface area contributed by atoms with Crippen molar-refractivity contribution in [2.24, 2.45) is 0 Å². The third-order valence-electron chi connectivity index (χ3n) is 3.77. The number of amides is 1. The molecule has 0 radical (unpaired) electrons. The quantitative estimate of drug-likeness (QED) is 0.606. The lowest BCUT2D eigenvalue weighted by atomic mass is 10.1. The van der Waals surface area contributed by atoms with Gasteiger partial charge in [0.25, 0.3) is 5.91 Å². The van der Waals surface area contributed by atoms with E-state index in [1.807, 2.05) is 0 Å². The number of rotatable bonds is 7. The smallest absolute Gasteiger partial charge is 0.307 e. The molecule has 136 valence electrons. The van der Waals surface area contributed by atoms with Gasteiger partial charge in [0.05, 0.1) is 6.42 Å². The number of carbonyl (C=O) groups excluding carboxylic acids is 3. The second kappa shape index (κ2) is 8.89. The number of halogens is 1. The van der Waals surface area contributed by atoms with Crippen LogP contribution >= 0.6 is 0 Å². The van der Waals surface area contributed by atoms with Crippen LogP contribution in [0.25, 0.3) is 0 Å². The fourth-order valence-electron chi connectivity index (χ4n) is 2.21. The Hall–Kier alpha value is -3.02. The molecule has 0 aliphatic heterocycles. The molecule has 0 aromatic heterocycles. The number of hydrogen-bond acceptors (Lipinski definition) is 4. The number of aryl methyl sites for hydroxylation is 1. The Labute approximate surface area is 151 Å². The van der Waals surface area contributed by atoms with Crippen molar-refractivity contribution in [3.8, 4) is 0 Å². The van der Waals surface area contributed by atoms with Crippen LogP contribution in [0, 0.1) is 12.7 Å². The van der Waals surface area contributed by atoms with Gasteiger partial charge in [-0.1, -0.05) is 36.4 Å². The van der Waals surface area contributed by atoms with E-state index in [1.54, 1.807) is 43.3 Å². The molecule has 2 rings (SSSR count). The first-order valence-corrected chi connectivity index (χ1v) is 8.21. The summed E-state index contributed by atoms with van der Waals surface area (Å²) in [5.74, 6) is -1.83. The third-order valence-corrected chi connectivity index (χ3v) is 3.77. The second-order valence-electron chi connectivity index (χ2n) is 5.87. The topological polar surface area (TPSA) is 72.5 Å². The van der Waals surface area contributed by atoms with Gasteiger partial charge in [0, 0.05) is 17.7 Å². The minimum Gasteiger partial charge on any atom is -0.453 e. The molecule has 5 nitrogen and oxygen atoms in total. The average Bonchev–Trinajstić information content (AvgIpc) is 2.63. The van der Waals surface area contributed by atoms with E-state index in [0.29, 0.717) is 11.1 Å². The largest absolute Gasteiger partial charge is 0.453 e. The van der Waals surface area contributed by atoms with Crippen LogP contribution in [-0.2, 0) is 14.3 Å². The molecule has 2 aromatic carbocycles. The van der Waals surface area contributed by atoms with Crippen molar-refractivity contribution in [2.45, 2.75) is 32.8 Å². The summed E-state index contributed by atoms with van der Waals surface area (Å²) >= 11 is 0. The first kappa shape index (κ1) is 19.3. The van der Waals surface area contributed by atoms with Gasteiger partial charge < -0.3 is 10.1 Å². The molecule has 1 amide bonds. The van der Waals surface area contributed by atoms with Crippen LogP contribution in [-0.4, -0.2) is 23.8 Å². The van der Waals surface area contributed by atoms with Crippen molar-refractivity contribution in [2.75, 3.05) is 5.32 Å². The van der Waals surface area contributed by atoms with E-state index >= 15 is 0 Å². The lowest BCUT2D eigenvalue weighted by molar-refractivity contribution is -0.153. The van der Waals surface area contributed by atoms with Gasteiger partial charge in [-0.05, 0) is 31.5 Å². The van der Waals surface area contributed by atoms with E-state index in [0.717, 1.165) is 0 Å². The number of ketones is 1. The van der Waals surface area contributed by atoms with Crippen molar-refractivity contribution < 1.29 is 23.5 Å². The Morgan fingerprint density at radius 1 is 1.08 bits per heavy atom. The summed E-state index contributed by atoms with van der Waals surface area (Å²) in [6, 6.07) is 12.9. The summed E-state index contributed by atoms with van der Waals surface area (Å²) in [5, 5.41) is 2.48. The van der Waals surface area contributed by atoms with Crippen LogP contribution in [0.3, 0.4) is 0 Å². The van der Waals surface area contributed by atoms with Gasteiger partial charge in [-0.15, -0.1) is 0 Å². The minimum atomic E-state index is -1.06. The van der Waals surface area contributed by atoms with Gasteiger partial charge in [-0.2, -0.15) is 0 Å². The lowest BCUT2D eigenvalue weighted by Gasteiger charge is -2.13. The summed E-state index contributed by atoms with van der Waals surface area (Å²) in [6.07, 6.45) is -1.18. The number of hydrogen-bond donors (Lipinski definition) is 1. The van der Waals surface area contributed by atoms with Crippen LogP contribution < -0.4 is 5.32 Å². The molecule has 2 aromatic rings. The fraction of sp³-hybridized carbons (Fsp3) is 0.250. The molecule has 0 aliphatic rings. The maximum absolute atomic E-state index is 13.5. The first-order valence-electron chi connectivity index (χ1n) is 8.21. The SMILES string of the molecule is Cc1ccc(NC(=O)C(C)OC(=O)CCC(=O)c2ccccc2)cc1F. The minimum absolute atomic E-state index is 0.000356. The van der Waals surface area contributed by atoms with E-state index in [2.05, 4.69) is 5.32 Å². The molecule has 1 unspecified atom stereocenters. The molecule has 1 atom stereocenters. The zero-order valence-corrected chi connectivity index (χ0v) is 14.6. The molecule has 0 bridgehead atoms. The standard InChI is InChI=1S/C20H20FNO4/c1-13-8-9-16(12-17(13)21)22-20(25)14(2)26-19(24)11-10-18(23)15-6-4-3-5-7-15/h3-9,12,14H,10-11H2,1-2H3,(H,22,25). The number of carbonyl (C=O) groups is 3. The van der Waals surface area contributed by atoms with Crippen molar-refractivity contribution in [1.82, 2.24) is 0 Å². The van der Waals surface area contributed by atoms with Gasteiger partial charge in [-0.25, -0.2) is 4.39 Å². The van der Waals surface area contributed by atoms with Gasteiger partial charge in [0.15, 0.2) is 11.9 Å².